The molecule has 1 N–H and O–H groups in total. The molecule has 1 unspecified atom stereocenters. The summed E-state index contributed by atoms with van der Waals surface area (Å²) in [7, 11) is 0. The Morgan fingerprint density at radius 1 is 1.00 bits per heavy atom. The van der Waals surface area contributed by atoms with Crippen molar-refractivity contribution < 1.29 is 19.1 Å². The normalized spacial score (nSPS) is 11.6. The molecule has 0 fully saturated rings. The summed E-state index contributed by atoms with van der Waals surface area (Å²) < 4.78 is 10.3. The van der Waals surface area contributed by atoms with E-state index in [0.717, 1.165) is 0 Å². The van der Waals surface area contributed by atoms with Gasteiger partial charge in [0.25, 0.3) is 5.91 Å². The van der Waals surface area contributed by atoms with Crippen molar-refractivity contribution >= 4 is 64.0 Å². The Bertz CT molecular complexity index is 828. The molecule has 1 amide bonds. The number of halogens is 4. The maximum Gasteiger partial charge on any atom is 0.347 e. The highest BCUT2D eigenvalue weighted by atomic mass is 35.5. The number of esters is 1. The fourth-order valence-corrected chi connectivity index (χ4v) is 2.59. The third kappa shape index (κ3) is 5.95. The van der Waals surface area contributed by atoms with Crippen molar-refractivity contribution in [1.29, 1.82) is 0 Å². The lowest BCUT2D eigenvalue weighted by molar-refractivity contribution is -0.153. The molecule has 9 heteroatoms. The van der Waals surface area contributed by atoms with Gasteiger partial charge < -0.3 is 14.8 Å². The highest BCUT2D eigenvalue weighted by molar-refractivity contribution is 6.42. The van der Waals surface area contributed by atoms with Crippen LogP contribution in [0.1, 0.15) is 6.92 Å². The first-order valence-corrected chi connectivity index (χ1v) is 8.80. The van der Waals surface area contributed by atoms with Gasteiger partial charge in [-0.15, -0.1) is 0 Å². The van der Waals surface area contributed by atoms with Gasteiger partial charge in [-0.2, -0.15) is 0 Å². The molecule has 0 aliphatic heterocycles. The fraction of sp³-hybridized carbons (Fsp3) is 0.176. The largest absolute Gasteiger partial charge is 0.477 e. The summed E-state index contributed by atoms with van der Waals surface area (Å²) in [6.45, 7) is 0.991. The molecule has 2 aromatic rings. The summed E-state index contributed by atoms with van der Waals surface area (Å²) in [4.78, 5) is 23.8. The van der Waals surface area contributed by atoms with Gasteiger partial charge in [-0.3, -0.25) is 4.79 Å². The van der Waals surface area contributed by atoms with Crippen LogP contribution in [0.4, 0.5) is 5.69 Å². The zero-order chi connectivity index (χ0) is 19.3. The average Bonchev–Trinajstić information content (AvgIpc) is 2.58. The van der Waals surface area contributed by atoms with Gasteiger partial charge in [-0.1, -0.05) is 46.4 Å². The number of anilines is 1. The lowest BCUT2D eigenvalue weighted by Gasteiger charge is -2.15. The van der Waals surface area contributed by atoms with E-state index >= 15 is 0 Å². The van der Waals surface area contributed by atoms with Gasteiger partial charge in [-0.25, -0.2) is 4.79 Å². The van der Waals surface area contributed by atoms with Gasteiger partial charge >= 0.3 is 5.97 Å². The number of rotatable bonds is 6. The molecule has 0 aliphatic rings. The third-order valence-electron chi connectivity index (χ3n) is 3.08. The van der Waals surface area contributed by atoms with Crippen molar-refractivity contribution in [3.8, 4) is 5.75 Å². The lowest BCUT2D eigenvalue weighted by Crippen LogP contribution is -2.29. The van der Waals surface area contributed by atoms with Crippen molar-refractivity contribution in [3.63, 3.8) is 0 Å². The quantitative estimate of drug-likeness (QED) is 0.628. The summed E-state index contributed by atoms with van der Waals surface area (Å²) in [6.07, 6.45) is -0.966. The van der Waals surface area contributed by atoms with Crippen molar-refractivity contribution in [2.24, 2.45) is 0 Å². The molecule has 5 nitrogen and oxygen atoms in total. The Hall–Kier alpha value is -1.66. The molecule has 26 heavy (non-hydrogen) atoms. The first-order valence-electron chi connectivity index (χ1n) is 7.29. The minimum absolute atomic E-state index is 0.259. The predicted molar refractivity (Wildman–Crippen MR) is 103 cm³/mol. The Balaban J connectivity index is 1.84. The SMILES string of the molecule is CC(Oc1ccc(Cl)cc1Cl)C(=O)OCC(=O)Nc1ccc(Cl)c(Cl)c1. The van der Waals surface area contributed by atoms with Gasteiger partial charge in [0.2, 0.25) is 0 Å². The van der Waals surface area contributed by atoms with Crippen molar-refractivity contribution in [1.82, 2.24) is 0 Å². The lowest BCUT2D eigenvalue weighted by atomic mass is 10.3. The van der Waals surface area contributed by atoms with Crippen LogP contribution in [0.5, 0.6) is 5.75 Å². The molecule has 1 atom stereocenters. The number of hydrogen-bond donors (Lipinski definition) is 1. The summed E-state index contributed by atoms with van der Waals surface area (Å²) in [5, 5.41) is 3.89. The number of hydrogen-bond acceptors (Lipinski definition) is 4. The zero-order valence-electron chi connectivity index (χ0n) is 13.4. The third-order valence-corrected chi connectivity index (χ3v) is 4.35. The van der Waals surface area contributed by atoms with Crippen LogP contribution >= 0.6 is 46.4 Å². The highest BCUT2D eigenvalue weighted by Gasteiger charge is 2.19. The smallest absolute Gasteiger partial charge is 0.347 e. The van der Waals surface area contributed by atoms with E-state index in [9.17, 15) is 9.59 Å². The van der Waals surface area contributed by atoms with Gasteiger partial charge in [0, 0.05) is 10.7 Å². The fourth-order valence-electron chi connectivity index (χ4n) is 1.83. The van der Waals surface area contributed by atoms with Crippen LogP contribution in [0.25, 0.3) is 0 Å². The molecule has 0 radical (unpaired) electrons. The summed E-state index contributed by atoms with van der Waals surface area (Å²) in [6, 6.07) is 9.19. The maximum absolute atomic E-state index is 11.9. The topological polar surface area (TPSA) is 64.6 Å². The summed E-state index contributed by atoms with van der Waals surface area (Å²) in [5.74, 6) is -0.977. The Labute approximate surface area is 170 Å². The van der Waals surface area contributed by atoms with E-state index in [0.29, 0.717) is 20.8 Å². The van der Waals surface area contributed by atoms with Gasteiger partial charge in [0.05, 0.1) is 15.1 Å². The number of benzene rings is 2. The van der Waals surface area contributed by atoms with E-state index in [2.05, 4.69) is 5.32 Å². The minimum Gasteiger partial charge on any atom is -0.477 e. The first-order chi connectivity index (χ1) is 12.3. The number of nitrogens with one attached hydrogen (secondary N) is 1. The zero-order valence-corrected chi connectivity index (χ0v) is 16.4. The molecule has 0 heterocycles. The van der Waals surface area contributed by atoms with Crippen molar-refractivity contribution in [3.05, 3.63) is 56.5 Å². The second kappa shape index (κ2) is 9.33. The molecule has 2 aromatic carbocycles. The Morgan fingerprint density at radius 3 is 2.38 bits per heavy atom. The van der Waals surface area contributed by atoms with E-state index in [1.165, 1.54) is 31.2 Å². The molecule has 0 saturated heterocycles. The van der Waals surface area contributed by atoms with Gasteiger partial charge in [0.15, 0.2) is 12.7 Å². The van der Waals surface area contributed by atoms with Crippen molar-refractivity contribution in [2.45, 2.75) is 13.0 Å². The minimum atomic E-state index is -0.966. The average molecular weight is 437 g/mol. The summed E-state index contributed by atoms with van der Waals surface area (Å²) >= 11 is 23.4. The van der Waals surface area contributed by atoms with Crippen LogP contribution in [-0.2, 0) is 14.3 Å². The van der Waals surface area contributed by atoms with Gasteiger partial charge in [0.1, 0.15) is 5.75 Å². The molecular formula is C17H13Cl4NO4. The van der Waals surface area contributed by atoms with E-state index in [1.54, 1.807) is 12.1 Å². The molecule has 0 saturated carbocycles. The van der Waals surface area contributed by atoms with Crippen LogP contribution in [0.2, 0.25) is 20.1 Å². The molecule has 0 aromatic heterocycles. The summed E-state index contributed by atoms with van der Waals surface area (Å²) in [5.41, 5.74) is 0.428. The molecule has 138 valence electrons. The molecular weight excluding hydrogens is 424 g/mol. The van der Waals surface area contributed by atoms with Crippen LogP contribution in [0.3, 0.4) is 0 Å². The molecule has 0 bridgehead atoms. The van der Waals surface area contributed by atoms with Crippen LogP contribution in [0.15, 0.2) is 36.4 Å². The monoisotopic (exact) mass is 435 g/mol. The molecule has 2 rings (SSSR count). The number of carbonyl (C=O) groups excluding carboxylic acids is 2. The maximum atomic E-state index is 11.9. The first kappa shape index (κ1) is 20.6. The van der Waals surface area contributed by atoms with E-state index in [4.69, 9.17) is 55.9 Å². The second-order valence-electron chi connectivity index (χ2n) is 5.12. The van der Waals surface area contributed by atoms with Crippen molar-refractivity contribution in [2.75, 3.05) is 11.9 Å². The van der Waals surface area contributed by atoms with Crippen LogP contribution in [-0.4, -0.2) is 24.6 Å². The number of ether oxygens (including phenoxy) is 2. The number of carbonyl (C=O) groups is 2. The Morgan fingerprint density at radius 2 is 1.73 bits per heavy atom. The standard InChI is InChI=1S/C17H13Cl4NO4/c1-9(26-15-5-2-10(18)6-14(15)21)17(24)25-8-16(23)22-11-3-4-12(19)13(20)7-11/h2-7,9H,8H2,1H3,(H,22,23). The Kier molecular flexibility index (Phi) is 7.41. The molecule has 0 aliphatic carbocycles. The molecule has 0 spiro atoms. The van der Waals surface area contributed by atoms with Gasteiger partial charge in [-0.05, 0) is 43.3 Å². The van der Waals surface area contributed by atoms with Crippen LogP contribution < -0.4 is 10.1 Å². The highest BCUT2D eigenvalue weighted by Crippen LogP contribution is 2.28. The van der Waals surface area contributed by atoms with Crippen LogP contribution in [0, 0.1) is 0 Å². The van der Waals surface area contributed by atoms with E-state index in [1.807, 2.05) is 0 Å². The number of amides is 1. The second-order valence-corrected chi connectivity index (χ2v) is 6.78. The van der Waals surface area contributed by atoms with E-state index < -0.39 is 24.6 Å². The van der Waals surface area contributed by atoms with E-state index in [-0.39, 0.29) is 10.8 Å². The predicted octanol–water partition coefficient (Wildman–Crippen LogP) is 5.25.